The summed E-state index contributed by atoms with van der Waals surface area (Å²) in [6, 6.07) is 7.55. The second-order valence-corrected chi connectivity index (χ2v) is 5.93. The Morgan fingerprint density at radius 2 is 1.86 bits per heavy atom. The van der Waals surface area contributed by atoms with E-state index in [9.17, 15) is 4.79 Å². The molecule has 0 radical (unpaired) electrons. The first-order valence-corrected chi connectivity index (χ1v) is 7.62. The molecule has 0 spiro atoms. The number of rotatable bonds is 5. The first-order chi connectivity index (χ1) is 10.2. The van der Waals surface area contributed by atoms with Crippen molar-refractivity contribution < 1.29 is 9.53 Å². The van der Waals surface area contributed by atoms with Gasteiger partial charge in [0.25, 0.3) is 0 Å². The molecule has 0 unspecified atom stereocenters. The molecular formula is C16H23N3O2. The molecule has 2 aliphatic heterocycles. The van der Waals surface area contributed by atoms with Crippen LogP contribution in [0.15, 0.2) is 24.3 Å². The molecule has 5 nitrogen and oxygen atoms in total. The van der Waals surface area contributed by atoms with Crippen molar-refractivity contribution in [2.75, 3.05) is 52.9 Å². The summed E-state index contributed by atoms with van der Waals surface area (Å²) in [5.74, 6) is 1.04. The maximum Gasteiger partial charge on any atom is 0.176 e. The lowest BCUT2D eigenvalue weighted by atomic mass is 10.1. The lowest BCUT2D eigenvalue weighted by Crippen LogP contribution is -2.50. The van der Waals surface area contributed by atoms with Gasteiger partial charge in [-0.25, -0.2) is 0 Å². The predicted molar refractivity (Wildman–Crippen MR) is 82.0 cm³/mol. The fourth-order valence-corrected chi connectivity index (χ4v) is 2.56. The Hall–Kier alpha value is -1.43. The van der Waals surface area contributed by atoms with Crippen LogP contribution in [0.25, 0.3) is 0 Å². The van der Waals surface area contributed by atoms with Crippen molar-refractivity contribution in [3.05, 3.63) is 29.8 Å². The molecule has 0 aliphatic carbocycles. The molecule has 2 saturated heterocycles. The van der Waals surface area contributed by atoms with E-state index < -0.39 is 0 Å². The zero-order valence-corrected chi connectivity index (χ0v) is 12.5. The molecule has 3 rings (SSSR count). The summed E-state index contributed by atoms with van der Waals surface area (Å²) in [5.41, 5.74) is 0.771. The fourth-order valence-electron chi connectivity index (χ4n) is 2.56. The highest BCUT2D eigenvalue weighted by Crippen LogP contribution is 2.16. The maximum atomic E-state index is 12.3. The van der Waals surface area contributed by atoms with E-state index in [4.69, 9.17) is 4.74 Å². The minimum atomic E-state index is 0.191. The summed E-state index contributed by atoms with van der Waals surface area (Å²) in [4.78, 5) is 16.8. The Bertz CT molecular complexity index is 477. The van der Waals surface area contributed by atoms with Crippen LogP contribution < -0.4 is 10.1 Å². The Morgan fingerprint density at radius 1 is 1.19 bits per heavy atom. The van der Waals surface area contributed by atoms with Gasteiger partial charge in [-0.05, 0) is 31.3 Å². The average Bonchev–Trinajstić information content (AvgIpc) is 2.46. The molecule has 0 amide bonds. The molecular weight excluding hydrogens is 266 g/mol. The summed E-state index contributed by atoms with van der Waals surface area (Å²) >= 11 is 0. The molecule has 0 bridgehead atoms. The monoisotopic (exact) mass is 289 g/mol. The van der Waals surface area contributed by atoms with Crippen molar-refractivity contribution >= 4 is 5.78 Å². The molecule has 0 aromatic heterocycles. The Kier molecular flexibility index (Phi) is 4.53. The van der Waals surface area contributed by atoms with Crippen molar-refractivity contribution in [1.82, 2.24) is 15.1 Å². The first kappa shape index (κ1) is 14.5. The molecule has 1 aromatic rings. The maximum absolute atomic E-state index is 12.3. The van der Waals surface area contributed by atoms with E-state index in [2.05, 4.69) is 22.2 Å². The number of piperazine rings is 1. The van der Waals surface area contributed by atoms with Crippen LogP contribution in [0, 0.1) is 0 Å². The molecule has 2 fully saturated rings. The van der Waals surface area contributed by atoms with E-state index in [-0.39, 0.29) is 11.9 Å². The van der Waals surface area contributed by atoms with Crippen LogP contribution in [0.4, 0.5) is 0 Å². The van der Waals surface area contributed by atoms with Crippen LogP contribution in [-0.2, 0) is 0 Å². The standard InChI is InChI=1S/C16H23N3O2/c1-18-6-8-19(9-7-18)12-16(20)13-2-4-14(5-3-13)21-15-10-17-11-15/h2-5,15,17H,6-12H2,1H3. The Balaban J connectivity index is 1.52. The van der Waals surface area contributed by atoms with Gasteiger partial charge in [-0.2, -0.15) is 0 Å². The zero-order chi connectivity index (χ0) is 14.7. The van der Waals surface area contributed by atoms with Gasteiger partial charge >= 0.3 is 0 Å². The van der Waals surface area contributed by atoms with Gasteiger partial charge in [-0.3, -0.25) is 9.69 Å². The lowest BCUT2D eigenvalue weighted by molar-refractivity contribution is 0.0876. The molecule has 1 aromatic carbocycles. The van der Waals surface area contributed by atoms with Gasteiger partial charge in [0, 0.05) is 44.8 Å². The highest BCUT2D eigenvalue weighted by Gasteiger charge is 2.19. The van der Waals surface area contributed by atoms with Gasteiger partial charge in [0.05, 0.1) is 6.54 Å². The van der Waals surface area contributed by atoms with Gasteiger partial charge in [-0.15, -0.1) is 0 Å². The van der Waals surface area contributed by atoms with E-state index in [1.54, 1.807) is 0 Å². The van der Waals surface area contributed by atoms with Gasteiger partial charge in [0.1, 0.15) is 11.9 Å². The molecule has 0 atom stereocenters. The molecule has 21 heavy (non-hydrogen) atoms. The number of benzene rings is 1. The summed E-state index contributed by atoms with van der Waals surface area (Å²) < 4.78 is 5.76. The van der Waals surface area contributed by atoms with Gasteiger partial charge in [0.15, 0.2) is 5.78 Å². The number of Topliss-reactive ketones (excluding diaryl/α,β-unsaturated/α-hetero) is 1. The number of hydrogen-bond donors (Lipinski definition) is 1. The zero-order valence-electron chi connectivity index (χ0n) is 12.5. The SMILES string of the molecule is CN1CCN(CC(=O)c2ccc(OC3CNC3)cc2)CC1. The third-order valence-electron chi connectivity index (χ3n) is 4.19. The summed E-state index contributed by atoms with van der Waals surface area (Å²) in [7, 11) is 2.12. The molecule has 1 N–H and O–H groups in total. The average molecular weight is 289 g/mol. The van der Waals surface area contributed by atoms with E-state index in [0.29, 0.717) is 6.54 Å². The first-order valence-electron chi connectivity index (χ1n) is 7.62. The number of ether oxygens (including phenoxy) is 1. The van der Waals surface area contributed by atoms with Crippen molar-refractivity contribution in [2.45, 2.75) is 6.10 Å². The largest absolute Gasteiger partial charge is 0.488 e. The highest BCUT2D eigenvalue weighted by atomic mass is 16.5. The van der Waals surface area contributed by atoms with Crippen LogP contribution >= 0.6 is 0 Å². The molecule has 2 heterocycles. The third kappa shape index (κ3) is 3.81. The number of hydrogen-bond acceptors (Lipinski definition) is 5. The van der Waals surface area contributed by atoms with Gasteiger partial charge in [0.2, 0.25) is 0 Å². The summed E-state index contributed by atoms with van der Waals surface area (Å²) in [6.07, 6.45) is 0.275. The number of likely N-dealkylation sites (N-methyl/N-ethyl adjacent to an activating group) is 1. The summed E-state index contributed by atoms with van der Waals surface area (Å²) in [6.45, 7) is 6.34. The van der Waals surface area contributed by atoms with Crippen LogP contribution in [-0.4, -0.2) is 74.5 Å². The number of carbonyl (C=O) groups excluding carboxylic acids is 1. The molecule has 114 valence electrons. The fraction of sp³-hybridized carbons (Fsp3) is 0.562. The Labute approximate surface area is 125 Å². The van der Waals surface area contributed by atoms with E-state index in [0.717, 1.165) is 50.6 Å². The third-order valence-corrected chi connectivity index (χ3v) is 4.19. The molecule has 2 aliphatic rings. The second-order valence-electron chi connectivity index (χ2n) is 5.93. The lowest BCUT2D eigenvalue weighted by Gasteiger charge is -2.31. The Morgan fingerprint density at radius 3 is 2.43 bits per heavy atom. The van der Waals surface area contributed by atoms with E-state index in [1.807, 2.05) is 24.3 Å². The van der Waals surface area contributed by atoms with Crippen molar-refractivity contribution in [3.63, 3.8) is 0 Å². The van der Waals surface area contributed by atoms with Crippen LogP contribution in [0.2, 0.25) is 0 Å². The molecule has 5 heteroatoms. The van der Waals surface area contributed by atoms with Crippen LogP contribution in [0.5, 0.6) is 5.75 Å². The number of nitrogens with zero attached hydrogens (tertiary/aromatic N) is 2. The van der Waals surface area contributed by atoms with E-state index >= 15 is 0 Å². The normalized spacial score (nSPS) is 21.0. The highest BCUT2D eigenvalue weighted by molar-refractivity contribution is 5.97. The minimum Gasteiger partial charge on any atom is -0.488 e. The van der Waals surface area contributed by atoms with Crippen molar-refractivity contribution in [2.24, 2.45) is 0 Å². The number of nitrogens with one attached hydrogen (secondary N) is 1. The number of ketones is 1. The van der Waals surface area contributed by atoms with Crippen LogP contribution in [0.1, 0.15) is 10.4 Å². The van der Waals surface area contributed by atoms with Gasteiger partial charge in [-0.1, -0.05) is 0 Å². The molecule has 0 saturated carbocycles. The van der Waals surface area contributed by atoms with Gasteiger partial charge < -0.3 is 15.0 Å². The minimum absolute atomic E-state index is 0.191. The van der Waals surface area contributed by atoms with Crippen molar-refractivity contribution in [1.29, 1.82) is 0 Å². The van der Waals surface area contributed by atoms with Crippen LogP contribution in [0.3, 0.4) is 0 Å². The smallest absolute Gasteiger partial charge is 0.176 e. The topological polar surface area (TPSA) is 44.8 Å². The van der Waals surface area contributed by atoms with E-state index in [1.165, 1.54) is 0 Å². The number of carbonyl (C=O) groups is 1. The quantitative estimate of drug-likeness (QED) is 0.798. The van der Waals surface area contributed by atoms with Crippen molar-refractivity contribution in [3.8, 4) is 5.75 Å². The second kappa shape index (κ2) is 6.56. The predicted octanol–water partition coefficient (Wildman–Crippen LogP) is 0.467. The summed E-state index contributed by atoms with van der Waals surface area (Å²) in [5, 5.41) is 3.17.